The van der Waals surface area contributed by atoms with E-state index in [1.165, 1.54) is 0 Å². The van der Waals surface area contributed by atoms with Crippen molar-refractivity contribution in [1.82, 2.24) is 4.90 Å². The molecule has 2 N–H and O–H groups in total. The molecule has 1 aliphatic rings. The number of hydrogen-bond donors (Lipinski definition) is 1. The Kier molecular flexibility index (Phi) is 3.95. The van der Waals surface area contributed by atoms with E-state index in [1.54, 1.807) is 0 Å². The van der Waals surface area contributed by atoms with Crippen LogP contribution < -0.4 is 5.73 Å². The van der Waals surface area contributed by atoms with E-state index in [-0.39, 0.29) is 11.9 Å². The zero-order valence-corrected chi connectivity index (χ0v) is 12.1. The molecule has 1 saturated heterocycles. The van der Waals surface area contributed by atoms with E-state index >= 15 is 0 Å². The largest absolute Gasteiger partial charge is 0.340 e. The Morgan fingerprint density at radius 2 is 1.89 bits per heavy atom. The van der Waals surface area contributed by atoms with Gasteiger partial charge in [0.05, 0.1) is 5.41 Å². The third-order valence-corrected chi connectivity index (χ3v) is 4.01. The van der Waals surface area contributed by atoms with Gasteiger partial charge in [-0.2, -0.15) is 0 Å². The van der Waals surface area contributed by atoms with Gasteiger partial charge < -0.3 is 10.6 Å². The van der Waals surface area contributed by atoms with Crippen molar-refractivity contribution in [1.29, 1.82) is 0 Å². The summed E-state index contributed by atoms with van der Waals surface area (Å²) in [6.07, 6.45) is 1.01. The van der Waals surface area contributed by atoms with Gasteiger partial charge >= 0.3 is 0 Å². The first-order chi connectivity index (χ1) is 8.91. The molecule has 104 valence electrons. The molecule has 2 atom stereocenters. The molecule has 0 saturated carbocycles. The van der Waals surface area contributed by atoms with Crippen LogP contribution in [0.1, 0.15) is 32.8 Å². The molecule has 19 heavy (non-hydrogen) atoms. The van der Waals surface area contributed by atoms with Crippen LogP contribution in [0.5, 0.6) is 0 Å². The molecule has 0 radical (unpaired) electrons. The van der Waals surface area contributed by atoms with E-state index in [2.05, 4.69) is 6.92 Å². The fourth-order valence-electron chi connectivity index (χ4n) is 2.94. The molecule has 0 spiro atoms. The minimum Gasteiger partial charge on any atom is -0.340 e. The number of piperidine rings is 1. The van der Waals surface area contributed by atoms with E-state index in [0.717, 1.165) is 18.5 Å². The summed E-state index contributed by atoms with van der Waals surface area (Å²) in [5, 5.41) is 0. The minimum absolute atomic E-state index is 0.110. The van der Waals surface area contributed by atoms with Gasteiger partial charge in [-0.25, -0.2) is 0 Å². The van der Waals surface area contributed by atoms with Crippen LogP contribution in [0.25, 0.3) is 0 Å². The van der Waals surface area contributed by atoms with E-state index in [0.29, 0.717) is 12.5 Å². The lowest BCUT2D eigenvalue weighted by Gasteiger charge is -2.39. The number of carbonyl (C=O) groups is 1. The van der Waals surface area contributed by atoms with Crippen molar-refractivity contribution in [2.75, 3.05) is 13.1 Å². The standard InChI is InChI=1S/C16H24N2O/c1-12-9-14(17)11-18(10-12)15(19)16(2,3)13-7-5-4-6-8-13/h4-8,12,14H,9-11,17H2,1-3H3. The summed E-state index contributed by atoms with van der Waals surface area (Å²) in [5.41, 5.74) is 6.62. The highest BCUT2D eigenvalue weighted by atomic mass is 16.2. The predicted octanol–water partition coefficient (Wildman–Crippen LogP) is 2.16. The first-order valence-electron chi connectivity index (χ1n) is 7.01. The summed E-state index contributed by atoms with van der Waals surface area (Å²) in [6.45, 7) is 7.65. The Labute approximate surface area is 115 Å². The number of nitrogens with two attached hydrogens (primary N) is 1. The van der Waals surface area contributed by atoms with Gasteiger partial charge in [0, 0.05) is 19.1 Å². The molecule has 1 aliphatic heterocycles. The van der Waals surface area contributed by atoms with Gasteiger partial charge in [-0.05, 0) is 31.7 Å². The molecule has 2 unspecified atom stereocenters. The molecule has 1 aromatic rings. The summed E-state index contributed by atoms with van der Waals surface area (Å²) in [7, 11) is 0. The van der Waals surface area contributed by atoms with Crippen LogP contribution in [0.4, 0.5) is 0 Å². The highest BCUT2D eigenvalue weighted by Gasteiger charge is 2.36. The summed E-state index contributed by atoms with van der Waals surface area (Å²) in [4.78, 5) is 14.7. The highest BCUT2D eigenvalue weighted by Crippen LogP contribution is 2.27. The zero-order chi connectivity index (χ0) is 14.0. The molecule has 0 aliphatic carbocycles. The van der Waals surface area contributed by atoms with Crippen LogP contribution in [-0.4, -0.2) is 29.9 Å². The summed E-state index contributed by atoms with van der Waals surface area (Å²) < 4.78 is 0. The minimum atomic E-state index is -0.488. The van der Waals surface area contributed by atoms with Gasteiger partial charge in [0.1, 0.15) is 0 Å². The lowest BCUT2D eigenvalue weighted by Crippen LogP contribution is -2.53. The molecule has 0 bridgehead atoms. The van der Waals surface area contributed by atoms with Crippen LogP contribution in [0.3, 0.4) is 0 Å². The maximum absolute atomic E-state index is 12.8. The first-order valence-corrected chi connectivity index (χ1v) is 7.01. The molecular weight excluding hydrogens is 236 g/mol. The summed E-state index contributed by atoms with van der Waals surface area (Å²) in [5.74, 6) is 0.667. The number of hydrogen-bond acceptors (Lipinski definition) is 2. The topological polar surface area (TPSA) is 46.3 Å². The van der Waals surface area contributed by atoms with Crippen molar-refractivity contribution >= 4 is 5.91 Å². The SMILES string of the molecule is CC1CC(N)CN(C(=O)C(C)(C)c2ccccc2)C1. The normalized spacial score (nSPS) is 24.3. The third-order valence-electron chi connectivity index (χ3n) is 4.01. The van der Waals surface area contributed by atoms with E-state index in [9.17, 15) is 4.79 Å². The van der Waals surface area contributed by atoms with Crippen molar-refractivity contribution in [2.24, 2.45) is 11.7 Å². The van der Waals surface area contributed by atoms with Crippen LogP contribution in [0.15, 0.2) is 30.3 Å². The molecule has 1 amide bonds. The molecular formula is C16H24N2O. The van der Waals surface area contributed by atoms with Gasteiger partial charge in [-0.1, -0.05) is 37.3 Å². The summed E-state index contributed by atoms with van der Waals surface area (Å²) >= 11 is 0. The smallest absolute Gasteiger partial charge is 0.232 e. The molecule has 3 heteroatoms. The highest BCUT2D eigenvalue weighted by molar-refractivity contribution is 5.87. The second-order valence-corrected chi connectivity index (χ2v) is 6.30. The van der Waals surface area contributed by atoms with Crippen LogP contribution in [-0.2, 0) is 10.2 Å². The van der Waals surface area contributed by atoms with Crippen molar-refractivity contribution in [3.63, 3.8) is 0 Å². The monoisotopic (exact) mass is 260 g/mol. The van der Waals surface area contributed by atoms with Gasteiger partial charge in [0.25, 0.3) is 0 Å². The number of likely N-dealkylation sites (tertiary alicyclic amines) is 1. The van der Waals surface area contributed by atoms with Crippen LogP contribution >= 0.6 is 0 Å². The van der Waals surface area contributed by atoms with Crippen molar-refractivity contribution in [3.05, 3.63) is 35.9 Å². The maximum atomic E-state index is 12.8. The van der Waals surface area contributed by atoms with Gasteiger partial charge in [-0.3, -0.25) is 4.79 Å². The fraction of sp³-hybridized carbons (Fsp3) is 0.562. The molecule has 1 fully saturated rings. The molecule has 1 heterocycles. The van der Waals surface area contributed by atoms with Crippen LogP contribution in [0.2, 0.25) is 0 Å². The quantitative estimate of drug-likeness (QED) is 0.885. The Hall–Kier alpha value is -1.35. The second-order valence-electron chi connectivity index (χ2n) is 6.30. The second kappa shape index (κ2) is 5.33. The third kappa shape index (κ3) is 2.98. The maximum Gasteiger partial charge on any atom is 0.232 e. The van der Waals surface area contributed by atoms with E-state index < -0.39 is 5.41 Å². The number of amides is 1. The number of rotatable bonds is 2. The molecule has 0 aromatic heterocycles. The lowest BCUT2D eigenvalue weighted by molar-refractivity contribution is -0.138. The zero-order valence-electron chi connectivity index (χ0n) is 12.1. The van der Waals surface area contributed by atoms with E-state index in [4.69, 9.17) is 5.73 Å². The van der Waals surface area contributed by atoms with Crippen LogP contribution in [0, 0.1) is 5.92 Å². The average molecular weight is 260 g/mol. The average Bonchev–Trinajstić information content (AvgIpc) is 2.37. The fourth-order valence-corrected chi connectivity index (χ4v) is 2.94. The molecule has 1 aromatic carbocycles. The lowest BCUT2D eigenvalue weighted by atomic mass is 9.82. The Morgan fingerprint density at radius 3 is 2.47 bits per heavy atom. The van der Waals surface area contributed by atoms with Crippen molar-refractivity contribution in [2.45, 2.75) is 38.6 Å². The molecule has 2 rings (SSSR count). The van der Waals surface area contributed by atoms with E-state index in [1.807, 2.05) is 49.1 Å². The van der Waals surface area contributed by atoms with Gasteiger partial charge in [-0.15, -0.1) is 0 Å². The predicted molar refractivity (Wildman–Crippen MR) is 77.8 cm³/mol. The molecule has 3 nitrogen and oxygen atoms in total. The number of benzene rings is 1. The number of nitrogens with zero attached hydrogens (tertiary/aromatic N) is 1. The Bertz CT molecular complexity index is 431. The van der Waals surface area contributed by atoms with Crippen molar-refractivity contribution in [3.8, 4) is 0 Å². The van der Waals surface area contributed by atoms with Gasteiger partial charge in [0.15, 0.2) is 0 Å². The first kappa shape index (κ1) is 14.1. The van der Waals surface area contributed by atoms with Gasteiger partial charge in [0.2, 0.25) is 5.91 Å². The summed E-state index contributed by atoms with van der Waals surface area (Å²) in [6, 6.07) is 10.1. The Morgan fingerprint density at radius 1 is 1.26 bits per heavy atom. The number of carbonyl (C=O) groups excluding carboxylic acids is 1. The Balaban J connectivity index is 2.18. The van der Waals surface area contributed by atoms with Crippen molar-refractivity contribution < 1.29 is 4.79 Å².